The van der Waals surface area contributed by atoms with E-state index in [1.165, 1.54) is 11.3 Å². The lowest BCUT2D eigenvalue weighted by Gasteiger charge is -2.31. The zero-order chi connectivity index (χ0) is 19.5. The summed E-state index contributed by atoms with van der Waals surface area (Å²) >= 11 is 7.44. The van der Waals surface area contributed by atoms with Gasteiger partial charge in [-0.25, -0.2) is 4.98 Å². The van der Waals surface area contributed by atoms with Gasteiger partial charge in [-0.1, -0.05) is 35.1 Å². The highest BCUT2D eigenvalue weighted by atomic mass is 35.5. The van der Waals surface area contributed by atoms with Gasteiger partial charge in [0, 0.05) is 37.0 Å². The molecule has 7 heteroatoms. The van der Waals surface area contributed by atoms with Crippen molar-refractivity contribution in [1.82, 2.24) is 9.88 Å². The van der Waals surface area contributed by atoms with Crippen molar-refractivity contribution in [1.29, 1.82) is 0 Å². The van der Waals surface area contributed by atoms with Crippen LogP contribution in [0.1, 0.15) is 18.4 Å². The first-order chi connectivity index (χ1) is 13.6. The van der Waals surface area contributed by atoms with Crippen LogP contribution in [0.3, 0.4) is 0 Å². The number of likely N-dealkylation sites (tertiary alicyclic amines) is 1. The van der Waals surface area contributed by atoms with Gasteiger partial charge in [0.15, 0.2) is 0 Å². The smallest absolute Gasteiger partial charge is 0.274 e. The van der Waals surface area contributed by atoms with E-state index in [1.54, 1.807) is 7.11 Å². The first-order valence-electron chi connectivity index (χ1n) is 9.24. The number of aromatic nitrogens is 1. The summed E-state index contributed by atoms with van der Waals surface area (Å²) in [5, 5.41) is 1.36. The first-order valence-corrected chi connectivity index (χ1v) is 10.4. The van der Waals surface area contributed by atoms with E-state index >= 15 is 0 Å². The van der Waals surface area contributed by atoms with Crippen molar-refractivity contribution in [2.75, 3.05) is 20.2 Å². The zero-order valence-electron chi connectivity index (χ0n) is 15.6. The highest BCUT2D eigenvalue weighted by Gasteiger charge is 2.24. The van der Waals surface area contributed by atoms with Crippen molar-refractivity contribution in [3.63, 3.8) is 0 Å². The Hall–Kier alpha value is -2.31. The number of benzene rings is 2. The quantitative estimate of drug-likeness (QED) is 0.611. The topological polar surface area (TPSA) is 51.7 Å². The fraction of sp³-hybridized carbons (Fsp3) is 0.333. The summed E-state index contributed by atoms with van der Waals surface area (Å²) in [5.74, 6) is 0.935. The molecule has 1 saturated heterocycles. The summed E-state index contributed by atoms with van der Waals surface area (Å²) in [4.78, 5) is 19.0. The van der Waals surface area contributed by atoms with E-state index in [2.05, 4.69) is 4.98 Å². The third kappa shape index (κ3) is 4.39. The Morgan fingerprint density at radius 2 is 1.96 bits per heavy atom. The lowest BCUT2D eigenvalue weighted by molar-refractivity contribution is -0.132. The third-order valence-electron chi connectivity index (χ3n) is 4.91. The molecule has 1 aliphatic heterocycles. The van der Waals surface area contributed by atoms with Crippen LogP contribution < -0.4 is 9.47 Å². The number of amides is 1. The van der Waals surface area contributed by atoms with E-state index in [0.717, 1.165) is 34.4 Å². The van der Waals surface area contributed by atoms with Crippen molar-refractivity contribution in [2.24, 2.45) is 0 Å². The number of hydrogen-bond acceptors (Lipinski definition) is 5. The number of nitrogens with zero attached hydrogens (tertiary/aromatic N) is 2. The number of hydrogen-bond donors (Lipinski definition) is 0. The molecule has 1 fully saturated rings. The average molecular weight is 417 g/mol. The lowest BCUT2D eigenvalue weighted by atomic mass is 10.1. The predicted octanol–water partition coefficient (Wildman–Crippen LogP) is 4.57. The van der Waals surface area contributed by atoms with Crippen LogP contribution >= 0.6 is 22.9 Å². The van der Waals surface area contributed by atoms with Gasteiger partial charge in [0.05, 0.1) is 23.7 Å². The third-order valence-corrected chi connectivity index (χ3v) is 6.09. The van der Waals surface area contributed by atoms with E-state index in [-0.39, 0.29) is 12.0 Å². The maximum absolute atomic E-state index is 12.5. The van der Waals surface area contributed by atoms with Gasteiger partial charge >= 0.3 is 0 Å². The van der Waals surface area contributed by atoms with Gasteiger partial charge in [-0.15, -0.1) is 0 Å². The second-order valence-corrected chi connectivity index (χ2v) is 8.24. The molecule has 0 aliphatic carbocycles. The summed E-state index contributed by atoms with van der Waals surface area (Å²) in [7, 11) is 1.65. The number of piperidine rings is 1. The average Bonchev–Trinajstić information content (AvgIpc) is 3.11. The number of thiazole rings is 1. The number of ether oxygens (including phenoxy) is 2. The van der Waals surface area contributed by atoms with Crippen LogP contribution in [0.25, 0.3) is 10.2 Å². The van der Waals surface area contributed by atoms with Crippen molar-refractivity contribution < 1.29 is 14.3 Å². The minimum atomic E-state index is 0.0852. The monoisotopic (exact) mass is 416 g/mol. The molecule has 2 heterocycles. The Morgan fingerprint density at radius 1 is 1.21 bits per heavy atom. The van der Waals surface area contributed by atoms with Gasteiger partial charge in [-0.2, -0.15) is 0 Å². The Morgan fingerprint density at radius 3 is 2.68 bits per heavy atom. The van der Waals surface area contributed by atoms with Crippen LogP contribution in [0.4, 0.5) is 0 Å². The number of halogens is 1. The van der Waals surface area contributed by atoms with Crippen LogP contribution in [0.2, 0.25) is 5.02 Å². The van der Waals surface area contributed by atoms with Crippen molar-refractivity contribution in [3.8, 4) is 10.9 Å². The van der Waals surface area contributed by atoms with Crippen LogP contribution in [0.5, 0.6) is 10.9 Å². The maximum atomic E-state index is 12.5. The molecule has 1 aromatic heterocycles. The van der Waals surface area contributed by atoms with Crippen LogP contribution in [0.15, 0.2) is 42.5 Å². The van der Waals surface area contributed by atoms with E-state index in [4.69, 9.17) is 21.1 Å². The predicted molar refractivity (Wildman–Crippen MR) is 112 cm³/mol. The second kappa shape index (κ2) is 8.37. The molecule has 0 N–H and O–H groups in total. The Balaban J connectivity index is 1.31. The lowest BCUT2D eigenvalue weighted by Crippen LogP contribution is -2.42. The molecule has 28 heavy (non-hydrogen) atoms. The molecule has 146 valence electrons. The molecule has 0 bridgehead atoms. The minimum Gasteiger partial charge on any atom is -0.497 e. The van der Waals surface area contributed by atoms with Crippen molar-refractivity contribution in [3.05, 3.63) is 53.1 Å². The summed E-state index contributed by atoms with van der Waals surface area (Å²) < 4.78 is 12.4. The number of methoxy groups -OCH3 is 1. The first kappa shape index (κ1) is 19.0. The molecule has 0 spiro atoms. The summed E-state index contributed by atoms with van der Waals surface area (Å²) in [6.45, 7) is 1.41. The van der Waals surface area contributed by atoms with Gasteiger partial charge in [-0.05, 0) is 29.8 Å². The standard InChI is InChI=1S/C21H21ClN2O3S/c1-26-17-6-7-19-18(13-17)23-21(28-19)27-16-8-10-24(11-9-16)20(25)12-14-2-4-15(22)5-3-14/h2-7,13,16H,8-12H2,1H3. The molecule has 2 aromatic carbocycles. The number of rotatable bonds is 5. The number of carbonyl (C=O) groups is 1. The summed E-state index contributed by atoms with van der Waals surface area (Å²) in [6.07, 6.45) is 2.11. The molecule has 3 aromatic rings. The van der Waals surface area contributed by atoms with Crippen LogP contribution in [-0.4, -0.2) is 42.1 Å². The van der Waals surface area contributed by atoms with Gasteiger partial charge in [0.25, 0.3) is 5.19 Å². The second-order valence-electron chi connectivity index (χ2n) is 6.81. The molecule has 1 aliphatic rings. The van der Waals surface area contributed by atoms with Crippen LogP contribution in [0, 0.1) is 0 Å². The van der Waals surface area contributed by atoms with Crippen LogP contribution in [-0.2, 0) is 11.2 Å². The summed E-state index contributed by atoms with van der Waals surface area (Å²) in [5.41, 5.74) is 1.87. The van der Waals surface area contributed by atoms with E-state index in [1.807, 2.05) is 47.4 Å². The van der Waals surface area contributed by atoms with E-state index < -0.39 is 0 Å². The number of fused-ring (bicyclic) bond motifs is 1. The summed E-state index contributed by atoms with van der Waals surface area (Å²) in [6, 6.07) is 13.3. The van der Waals surface area contributed by atoms with Gasteiger partial charge in [0.1, 0.15) is 11.9 Å². The fourth-order valence-electron chi connectivity index (χ4n) is 3.32. The minimum absolute atomic E-state index is 0.0852. The van der Waals surface area contributed by atoms with E-state index in [0.29, 0.717) is 29.7 Å². The molecule has 5 nitrogen and oxygen atoms in total. The molecular weight excluding hydrogens is 396 g/mol. The molecule has 4 rings (SSSR count). The zero-order valence-corrected chi connectivity index (χ0v) is 17.1. The van der Waals surface area contributed by atoms with Gasteiger partial charge in [0.2, 0.25) is 5.91 Å². The normalized spacial score (nSPS) is 15.0. The molecular formula is C21H21ClN2O3S. The van der Waals surface area contributed by atoms with Gasteiger partial charge < -0.3 is 14.4 Å². The van der Waals surface area contributed by atoms with Crippen molar-refractivity contribution in [2.45, 2.75) is 25.4 Å². The molecule has 0 unspecified atom stereocenters. The fourth-order valence-corrected chi connectivity index (χ4v) is 4.31. The molecule has 0 atom stereocenters. The molecule has 0 radical (unpaired) electrons. The SMILES string of the molecule is COc1ccc2sc(OC3CCN(C(=O)Cc4ccc(Cl)cc4)CC3)nc2c1. The highest BCUT2D eigenvalue weighted by Crippen LogP contribution is 2.32. The largest absolute Gasteiger partial charge is 0.497 e. The van der Waals surface area contributed by atoms with Gasteiger partial charge in [-0.3, -0.25) is 4.79 Å². The Kier molecular flexibility index (Phi) is 5.69. The maximum Gasteiger partial charge on any atom is 0.274 e. The molecule has 1 amide bonds. The highest BCUT2D eigenvalue weighted by molar-refractivity contribution is 7.20. The van der Waals surface area contributed by atoms with E-state index in [9.17, 15) is 4.79 Å². The number of carbonyl (C=O) groups excluding carboxylic acids is 1. The Bertz CT molecular complexity index is 965. The van der Waals surface area contributed by atoms with Crippen molar-refractivity contribution >= 4 is 39.1 Å². The molecule has 0 saturated carbocycles. The Labute approximate surface area is 172 Å².